The molecule has 2 heterocycles. The Morgan fingerprint density at radius 2 is 2.18 bits per heavy atom. The summed E-state index contributed by atoms with van der Waals surface area (Å²) in [7, 11) is 0. The molecule has 90 valence electrons. The van der Waals surface area contributed by atoms with E-state index in [2.05, 4.69) is 32.6 Å². The smallest absolute Gasteiger partial charge is 0.152 e. The number of hydrogen-bond donors (Lipinski definition) is 2. The molecular formula is C10H15N7. The summed E-state index contributed by atoms with van der Waals surface area (Å²) in [5.41, 5.74) is 3.56. The van der Waals surface area contributed by atoms with Crippen LogP contribution in [0.15, 0.2) is 24.7 Å². The van der Waals surface area contributed by atoms with E-state index in [0.717, 1.165) is 18.7 Å². The topological polar surface area (TPSA) is 94.5 Å². The summed E-state index contributed by atoms with van der Waals surface area (Å²) in [5.74, 6) is 6.17. The van der Waals surface area contributed by atoms with Crippen LogP contribution in [0, 0.1) is 0 Å². The first-order valence-corrected chi connectivity index (χ1v) is 5.48. The van der Waals surface area contributed by atoms with Gasteiger partial charge >= 0.3 is 0 Å². The van der Waals surface area contributed by atoms with E-state index in [-0.39, 0.29) is 6.04 Å². The van der Waals surface area contributed by atoms with Gasteiger partial charge in [-0.1, -0.05) is 12.1 Å². The standard InChI is InChI=1S/C10H15N7/c1-2-6-17-8(7-14-16-17)9(15-11)10-12-4-3-5-13-10/h3-5,7,9,15H,2,6,11H2,1H3. The number of nitrogens with zero attached hydrogens (tertiary/aromatic N) is 5. The molecule has 2 aromatic heterocycles. The molecule has 0 aliphatic rings. The summed E-state index contributed by atoms with van der Waals surface area (Å²) < 4.78 is 1.81. The Bertz CT molecular complexity index is 453. The van der Waals surface area contributed by atoms with Crippen LogP contribution in [0.4, 0.5) is 0 Å². The number of aromatic nitrogens is 5. The zero-order valence-electron chi connectivity index (χ0n) is 9.61. The molecular weight excluding hydrogens is 218 g/mol. The van der Waals surface area contributed by atoms with Crippen LogP contribution in [-0.2, 0) is 6.54 Å². The number of nitrogens with two attached hydrogens (primary N) is 1. The third-order valence-corrected chi connectivity index (χ3v) is 2.39. The van der Waals surface area contributed by atoms with Crippen LogP contribution in [0.5, 0.6) is 0 Å². The molecule has 1 atom stereocenters. The molecule has 7 heteroatoms. The normalized spacial score (nSPS) is 12.6. The zero-order valence-corrected chi connectivity index (χ0v) is 9.61. The lowest BCUT2D eigenvalue weighted by atomic mass is 10.2. The van der Waals surface area contributed by atoms with Crippen LogP contribution in [0.2, 0.25) is 0 Å². The zero-order chi connectivity index (χ0) is 12.1. The van der Waals surface area contributed by atoms with E-state index in [1.807, 2.05) is 0 Å². The van der Waals surface area contributed by atoms with Gasteiger partial charge in [0.25, 0.3) is 0 Å². The van der Waals surface area contributed by atoms with Crippen LogP contribution in [0.25, 0.3) is 0 Å². The molecule has 0 aliphatic heterocycles. The van der Waals surface area contributed by atoms with Gasteiger partial charge in [-0.2, -0.15) is 0 Å². The summed E-state index contributed by atoms with van der Waals surface area (Å²) in [6.45, 7) is 2.87. The van der Waals surface area contributed by atoms with Crippen LogP contribution < -0.4 is 11.3 Å². The summed E-state index contributed by atoms with van der Waals surface area (Å²) in [6.07, 6.45) is 6.01. The highest BCUT2D eigenvalue weighted by Gasteiger charge is 2.19. The van der Waals surface area contributed by atoms with E-state index in [4.69, 9.17) is 5.84 Å². The second-order valence-electron chi connectivity index (χ2n) is 3.59. The number of hydrazine groups is 1. The molecule has 0 aromatic carbocycles. The van der Waals surface area contributed by atoms with E-state index >= 15 is 0 Å². The van der Waals surface area contributed by atoms with Crippen molar-refractivity contribution >= 4 is 0 Å². The Hall–Kier alpha value is -1.86. The third-order valence-electron chi connectivity index (χ3n) is 2.39. The van der Waals surface area contributed by atoms with E-state index in [9.17, 15) is 0 Å². The first-order valence-electron chi connectivity index (χ1n) is 5.48. The Kier molecular flexibility index (Phi) is 3.73. The van der Waals surface area contributed by atoms with Crippen molar-refractivity contribution in [3.05, 3.63) is 36.2 Å². The summed E-state index contributed by atoms with van der Waals surface area (Å²) >= 11 is 0. The van der Waals surface area contributed by atoms with Crippen molar-refractivity contribution in [3.63, 3.8) is 0 Å². The molecule has 0 saturated carbocycles. The fraction of sp³-hybridized carbons (Fsp3) is 0.400. The van der Waals surface area contributed by atoms with Gasteiger partial charge in [-0.3, -0.25) is 5.84 Å². The minimum Gasteiger partial charge on any atom is -0.270 e. The second kappa shape index (κ2) is 5.46. The highest BCUT2D eigenvalue weighted by molar-refractivity contribution is 5.13. The molecule has 2 rings (SSSR count). The lowest BCUT2D eigenvalue weighted by Crippen LogP contribution is -2.32. The van der Waals surface area contributed by atoms with Crippen molar-refractivity contribution in [1.29, 1.82) is 0 Å². The van der Waals surface area contributed by atoms with Crippen LogP contribution >= 0.6 is 0 Å². The van der Waals surface area contributed by atoms with Gasteiger partial charge in [-0.25, -0.2) is 20.1 Å². The molecule has 2 aromatic rings. The van der Waals surface area contributed by atoms with E-state index in [0.29, 0.717) is 5.82 Å². The maximum atomic E-state index is 5.56. The van der Waals surface area contributed by atoms with Crippen molar-refractivity contribution in [1.82, 2.24) is 30.4 Å². The fourth-order valence-electron chi connectivity index (χ4n) is 1.63. The van der Waals surface area contributed by atoms with E-state index in [1.54, 1.807) is 29.3 Å². The van der Waals surface area contributed by atoms with Crippen LogP contribution in [0.1, 0.15) is 30.9 Å². The number of aryl methyl sites for hydroxylation is 1. The van der Waals surface area contributed by atoms with Crippen molar-refractivity contribution in [2.45, 2.75) is 25.9 Å². The Balaban J connectivity index is 2.32. The number of nitrogens with one attached hydrogen (secondary N) is 1. The van der Waals surface area contributed by atoms with Gasteiger partial charge in [0.05, 0.1) is 11.9 Å². The molecule has 0 spiro atoms. The molecule has 0 bridgehead atoms. The molecule has 0 saturated heterocycles. The second-order valence-corrected chi connectivity index (χ2v) is 3.59. The van der Waals surface area contributed by atoms with E-state index < -0.39 is 0 Å². The van der Waals surface area contributed by atoms with Crippen molar-refractivity contribution < 1.29 is 0 Å². The molecule has 7 nitrogen and oxygen atoms in total. The molecule has 0 fully saturated rings. The third kappa shape index (κ3) is 2.45. The number of rotatable bonds is 5. The first-order chi connectivity index (χ1) is 8.36. The predicted octanol–water partition coefficient (Wildman–Crippen LogP) is 0.0308. The summed E-state index contributed by atoms with van der Waals surface area (Å²) in [5, 5.41) is 7.91. The molecule has 0 radical (unpaired) electrons. The average Bonchev–Trinajstić information content (AvgIpc) is 2.81. The molecule has 0 aliphatic carbocycles. The van der Waals surface area contributed by atoms with Gasteiger partial charge < -0.3 is 0 Å². The van der Waals surface area contributed by atoms with Gasteiger partial charge in [0, 0.05) is 18.9 Å². The number of hydrogen-bond acceptors (Lipinski definition) is 6. The molecule has 1 unspecified atom stereocenters. The van der Waals surface area contributed by atoms with Gasteiger partial charge in [-0.15, -0.1) is 5.10 Å². The van der Waals surface area contributed by atoms with Gasteiger partial charge in [0.15, 0.2) is 5.82 Å². The maximum Gasteiger partial charge on any atom is 0.152 e. The Morgan fingerprint density at radius 3 is 2.82 bits per heavy atom. The minimum absolute atomic E-state index is 0.294. The summed E-state index contributed by atoms with van der Waals surface area (Å²) in [4.78, 5) is 8.37. The Morgan fingerprint density at radius 1 is 1.41 bits per heavy atom. The van der Waals surface area contributed by atoms with Crippen LogP contribution in [0.3, 0.4) is 0 Å². The van der Waals surface area contributed by atoms with Gasteiger partial charge in [-0.05, 0) is 12.5 Å². The SMILES string of the molecule is CCCn1nncc1C(NN)c1ncccn1. The van der Waals surface area contributed by atoms with E-state index in [1.165, 1.54) is 0 Å². The predicted molar refractivity (Wildman–Crippen MR) is 61.5 cm³/mol. The lowest BCUT2D eigenvalue weighted by molar-refractivity contribution is 0.500. The van der Waals surface area contributed by atoms with Gasteiger partial charge in [0.1, 0.15) is 6.04 Å². The Labute approximate surface area is 99.0 Å². The fourth-order valence-corrected chi connectivity index (χ4v) is 1.63. The van der Waals surface area contributed by atoms with Crippen molar-refractivity contribution in [2.75, 3.05) is 0 Å². The lowest BCUT2D eigenvalue weighted by Gasteiger charge is -2.14. The average molecular weight is 233 g/mol. The van der Waals surface area contributed by atoms with Crippen molar-refractivity contribution in [2.24, 2.45) is 5.84 Å². The molecule has 17 heavy (non-hydrogen) atoms. The maximum absolute atomic E-state index is 5.56. The highest BCUT2D eigenvalue weighted by atomic mass is 15.4. The molecule has 0 amide bonds. The molecule has 3 N–H and O–H groups in total. The first kappa shape index (κ1) is 11.6. The monoisotopic (exact) mass is 233 g/mol. The highest BCUT2D eigenvalue weighted by Crippen LogP contribution is 2.16. The van der Waals surface area contributed by atoms with Crippen LogP contribution in [-0.4, -0.2) is 25.0 Å². The quantitative estimate of drug-likeness (QED) is 0.559. The van der Waals surface area contributed by atoms with Crippen molar-refractivity contribution in [3.8, 4) is 0 Å². The minimum atomic E-state index is -0.294. The summed E-state index contributed by atoms with van der Waals surface area (Å²) in [6, 6.07) is 1.47. The largest absolute Gasteiger partial charge is 0.270 e. The van der Waals surface area contributed by atoms with Gasteiger partial charge in [0.2, 0.25) is 0 Å².